The summed E-state index contributed by atoms with van der Waals surface area (Å²) in [5.74, 6) is 0. The fourth-order valence-corrected chi connectivity index (χ4v) is 3.39. The molecule has 3 heteroatoms. The Morgan fingerprint density at radius 3 is 2.85 bits per heavy atom. The first-order chi connectivity index (χ1) is 9.90. The summed E-state index contributed by atoms with van der Waals surface area (Å²) in [4.78, 5) is 2.57. The predicted molar refractivity (Wildman–Crippen MR) is 83.8 cm³/mol. The van der Waals surface area contributed by atoms with Crippen LogP contribution in [0.5, 0.6) is 0 Å². The second kappa shape index (κ2) is 7.21. The number of piperidine rings is 1. The number of nitrogens with zero attached hydrogens (tertiary/aromatic N) is 1. The molecular weight excluding hydrogens is 246 g/mol. The maximum absolute atomic E-state index is 3.76. The molecule has 2 fully saturated rings. The molecule has 2 N–H and O–H groups in total. The number of hydrogen-bond donors (Lipinski definition) is 2. The molecule has 2 atom stereocenters. The Bertz CT molecular complexity index is 386. The van der Waals surface area contributed by atoms with Crippen molar-refractivity contribution in [2.75, 3.05) is 26.2 Å². The van der Waals surface area contributed by atoms with Crippen molar-refractivity contribution >= 4 is 0 Å². The van der Waals surface area contributed by atoms with E-state index >= 15 is 0 Å². The van der Waals surface area contributed by atoms with Crippen LogP contribution in [0.15, 0.2) is 30.3 Å². The highest BCUT2D eigenvalue weighted by molar-refractivity contribution is 5.14. The van der Waals surface area contributed by atoms with Gasteiger partial charge in [-0.25, -0.2) is 0 Å². The summed E-state index contributed by atoms with van der Waals surface area (Å²) in [7, 11) is 0. The molecule has 1 aromatic carbocycles. The molecule has 2 aliphatic rings. The maximum atomic E-state index is 3.76. The minimum absolute atomic E-state index is 0.683. The van der Waals surface area contributed by atoms with Crippen molar-refractivity contribution in [2.24, 2.45) is 0 Å². The first kappa shape index (κ1) is 14.1. The average molecular weight is 273 g/mol. The Morgan fingerprint density at radius 1 is 1.15 bits per heavy atom. The summed E-state index contributed by atoms with van der Waals surface area (Å²) < 4.78 is 0. The van der Waals surface area contributed by atoms with Crippen LogP contribution in [-0.4, -0.2) is 43.2 Å². The molecule has 1 aromatic rings. The Hall–Kier alpha value is -0.900. The van der Waals surface area contributed by atoms with Crippen LogP contribution in [0.3, 0.4) is 0 Å². The number of nitrogens with one attached hydrogen (secondary N) is 2. The van der Waals surface area contributed by atoms with Crippen LogP contribution in [0.2, 0.25) is 0 Å². The van der Waals surface area contributed by atoms with Crippen molar-refractivity contribution in [3.8, 4) is 0 Å². The summed E-state index contributed by atoms with van der Waals surface area (Å²) in [6, 6.07) is 12.2. The molecule has 0 saturated carbocycles. The van der Waals surface area contributed by atoms with Crippen LogP contribution in [0, 0.1) is 0 Å². The van der Waals surface area contributed by atoms with Gasteiger partial charge in [0.05, 0.1) is 0 Å². The second-order valence-corrected chi connectivity index (χ2v) is 6.26. The third-order valence-electron chi connectivity index (χ3n) is 4.59. The predicted octanol–water partition coefficient (Wildman–Crippen LogP) is 1.99. The second-order valence-electron chi connectivity index (χ2n) is 6.26. The summed E-state index contributed by atoms with van der Waals surface area (Å²) in [6.07, 6.45) is 5.38. The fraction of sp³-hybridized carbons (Fsp3) is 0.647. The lowest BCUT2D eigenvalue weighted by Crippen LogP contribution is -2.45. The highest BCUT2D eigenvalue weighted by atomic mass is 15.2. The van der Waals surface area contributed by atoms with E-state index in [0.29, 0.717) is 12.1 Å². The average Bonchev–Trinajstić information content (AvgIpc) is 2.95. The molecule has 0 radical (unpaired) electrons. The van der Waals surface area contributed by atoms with Crippen molar-refractivity contribution in [1.29, 1.82) is 0 Å². The Labute approximate surface area is 122 Å². The lowest BCUT2D eigenvalue weighted by atomic mass is 10.0. The van der Waals surface area contributed by atoms with Gasteiger partial charge >= 0.3 is 0 Å². The Morgan fingerprint density at radius 2 is 2.05 bits per heavy atom. The van der Waals surface area contributed by atoms with E-state index in [1.54, 1.807) is 0 Å². The van der Waals surface area contributed by atoms with Gasteiger partial charge < -0.3 is 10.6 Å². The third-order valence-corrected chi connectivity index (χ3v) is 4.59. The van der Waals surface area contributed by atoms with Crippen LogP contribution in [0.25, 0.3) is 0 Å². The van der Waals surface area contributed by atoms with Crippen LogP contribution in [0.1, 0.15) is 31.2 Å². The van der Waals surface area contributed by atoms with Crippen molar-refractivity contribution < 1.29 is 0 Å². The molecule has 3 nitrogen and oxygen atoms in total. The zero-order valence-corrected chi connectivity index (χ0v) is 12.4. The lowest BCUT2D eigenvalue weighted by Gasteiger charge is -2.25. The van der Waals surface area contributed by atoms with Gasteiger partial charge in [0.15, 0.2) is 0 Å². The monoisotopic (exact) mass is 273 g/mol. The van der Waals surface area contributed by atoms with E-state index in [0.717, 1.165) is 13.1 Å². The van der Waals surface area contributed by atoms with Gasteiger partial charge in [-0.15, -0.1) is 0 Å². The molecule has 2 aliphatic heterocycles. The summed E-state index contributed by atoms with van der Waals surface area (Å²) in [5.41, 5.74) is 1.43. The van der Waals surface area contributed by atoms with Crippen molar-refractivity contribution in [1.82, 2.24) is 15.5 Å². The van der Waals surface area contributed by atoms with Gasteiger partial charge in [-0.1, -0.05) is 36.8 Å². The first-order valence-electron chi connectivity index (χ1n) is 8.13. The largest absolute Gasteiger partial charge is 0.313 e. The zero-order valence-electron chi connectivity index (χ0n) is 12.4. The van der Waals surface area contributed by atoms with Gasteiger partial charge in [-0.3, -0.25) is 4.90 Å². The molecule has 0 amide bonds. The zero-order chi connectivity index (χ0) is 13.6. The molecular formula is C17H27N3. The van der Waals surface area contributed by atoms with Crippen LogP contribution >= 0.6 is 0 Å². The van der Waals surface area contributed by atoms with Crippen molar-refractivity contribution in [3.05, 3.63) is 35.9 Å². The molecule has 0 bridgehead atoms. The quantitative estimate of drug-likeness (QED) is 0.859. The SMILES string of the molecule is c1ccc(CN2CCC(NCC3CCCCN3)C2)cc1. The van der Waals surface area contributed by atoms with Gasteiger partial charge in [-0.2, -0.15) is 0 Å². The van der Waals surface area contributed by atoms with E-state index < -0.39 is 0 Å². The van der Waals surface area contributed by atoms with Gasteiger partial charge in [-0.05, 0) is 31.4 Å². The van der Waals surface area contributed by atoms with E-state index in [1.807, 2.05) is 0 Å². The molecule has 2 saturated heterocycles. The summed E-state index contributed by atoms with van der Waals surface area (Å²) >= 11 is 0. The highest BCUT2D eigenvalue weighted by Crippen LogP contribution is 2.14. The molecule has 110 valence electrons. The standard InChI is InChI=1S/C17H27N3/c1-2-6-15(7-3-1)13-20-11-9-17(14-20)19-12-16-8-4-5-10-18-16/h1-3,6-7,16-19H,4-5,8-14H2. The van der Waals surface area contributed by atoms with E-state index in [1.165, 1.54) is 50.9 Å². The molecule has 20 heavy (non-hydrogen) atoms. The van der Waals surface area contributed by atoms with E-state index in [4.69, 9.17) is 0 Å². The van der Waals surface area contributed by atoms with Crippen LogP contribution in [-0.2, 0) is 6.54 Å². The molecule has 2 unspecified atom stereocenters. The number of rotatable bonds is 5. The van der Waals surface area contributed by atoms with Gasteiger partial charge in [0.25, 0.3) is 0 Å². The van der Waals surface area contributed by atoms with E-state index in [-0.39, 0.29) is 0 Å². The topological polar surface area (TPSA) is 27.3 Å². The number of hydrogen-bond acceptors (Lipinski definition) is 3. The Balaban J connectivity index is 1.38. The van der Waals surface area contributed by atoms with Gasteiger partial charge in [0.1, 0.15) is 0 Å². The molecule has 0 aliphatic carbocycles. The minimum Gasteiger partial charge on any atom is -0.313 e. The first-order valence-corrected chi connectivity index (χ1v) is 8.13. The molecule has 2 heterocycles. The van der Waals surface area contributed by atoms with Crippen molar-refractivity contribution in [2.45, 2.75) is 44.3 Å². The lowest BCUT2D eigenvalue weighted by molar-refractivity contribution is 0.313. The highest BCUT2D eigenvalue weighted by Gasteiger charge is 2.23. The third kappa shape index (κ3) is 4.05. The molecule has 0 aromatic heterocycles. The van der Waals surface area contributed by atoms with Crippen molar-refractivity contribution in [3.63, 3.8) is 0 Å². The van der Waals surface area contributed by atoms with Gasteiger partial charge in [0.2, 0.25) is 0 Å². The van der Waals surface area contributed by atoms with Crippen LogP contribution in [0.4, 0.5) is 0 Å². The van der Waals surface area contributed by atoms with Crippen LogP contribution < -0.4 is 10.6 Å². The Kier molecular flexibility index (Phi) is 5.06. The maximum Gasteiger partial charge on any atom is 0.0234 e. The fourth-order valence-electron chi connectivity index (χ4n) is 3.39. The normalized spacial score (nSPS) is 27.8. The van der Waals surface area contributed by atoms with Gasteiger partial charge in [0, 0.05) is 38.3 Å². The number of benzene rings is 1. The number of likely N-dealkylation sites (tertiary alicyclic amines) is 1. The van der Waals surface area contributed by atoms with E-state index in [2.05, 4.69) is 45.9 Å². The smallest absolute Gasteiger partial charge is 0.0234 e. The molecule has 0 spiro atoms. The summed E-state index contributed by atoms with van der Waals surface area (Å²) in [5, 5.41) is 7.38. The summed E-state index contributed by atoms with van der Waals surface area (Å²) in [6.45, 7) is 5.87. The molecule has 3 rings (SSSR count). The van der Waals surface area contributed by atoms with E-state index in [9.17, 15) is 0 Å². The minimum atomic E-state index is 0.683.